The number of carbonyl (C=O) groups is 2. The molecule has 0 aromatic heterocycles. The van der Waals surface area contributed by atoms with Gasteiger partial charge in [0.2, 0.25) is 0 Å². The van der Waals surface area contributed by atoms with E-state index in [4.69, 9.17) is 9.47 Å². The molecule has 2 aromatic carbocycles. The highest BCUT2D eigenvalue weighted by atomic mass is 79.9. The number of halogens is 1. The summed E-state index contributed by atoms with van der Waals surface area (Å²) in [6.45, 7) is 8.17. The lowest BCUT2D eigenvalue weighted by atomic mass is 9.99. The van der Waals surface area contributed by atoms with E-state index < -0.39 is 11.8 Å². The topological polar surface area (TPSA) is 76.7 Å². The molecular formula is C24H31BrN2O4. The fourth-order valence-corrected chi connectivity index (χ4v) is 3.32. The number of hydrogen-bond acceptors (Lipinski definition) is 4. The normalized spacial score (nSPS) is 12.5. The summed E-state index contributed by atoms with van der Waals surface area (Å²) in [5, 5.41) is 0. The van der Waals surface area contributed by atoms with Crippen molar-refractivity contribution in [3.8, 4) is 11.5 Å². The highest BCUT2D eigenvalue weighted by Crippen LogP contribution is 2.30. The second-order valence-corrected chi connectivity index (χ2v) is 8.41. The first-order valence-corrected chi connectivity index (χ1v) is 11.4. The third-order valence-corrected chi connectivity index (χ3v) is 5.89. The van der Waals surface area contributed by atoms with E-state index in [2.05, 4.69) is 54.5 Å². The van der Waals surface area contributed by atoms with E-state index in [0.717, 1.165) is 17.3 Å². The number of carbonyl (C=O) groups excluding carboxylic acids is 2. The van der Waals surface area contributed by atoms with Gasteiger partial charge in [-0.25, -0.2) is 0 Å². The number of amides is 2. The third-order valence-electron chi connectivity index (χ3n) is 5.27. The van der Waals surface area contributed by atoms with Crippen LogP contribution in [-0.4, -0.2) is 25.0 Å². The zero-order chi connectivity index (χ0) is 22.8. The lowest BCUT2D eigenvalue weighted by molar-refractivity contribution is -0.131. The van der Waals surface area contributed by atoms with Gasteiger partial charge >= 0.3 is 0 Å². The number of nitrogens with one attached hydrogen (secondary N) is 2. The molecule has 2 atom stereocenters. The molecule has 0 radical (unpaired) electrons. The van der Waals surface area contributed by atoms with Crippen LogP contribution in [0.2, 0.25) is 0 Å². The summed E-state index contributed by atoms with van der Waals surface area (Å²) >= 11 is 3.47. The summed E-state index contributed by atoms with van der Waals surface area (Å²) in [5.41, 5.74) is 7.07. The molecule has 0 aliphatic rings. The van der Waals surface area contributed by atoms with E-state index in [1.54, 1.807) is 0 Å². The summed E-state index contributed by atoms with van der Waals surface area (Å²) in [6.07, 6.45) is 2.11. The van der Waals surface area contributed by atoms with E-state index in [1.165, 1.54) is 11.1 Å². The van der Waals surface area contributed by atoms with Gasteiger partial charge in [-0.2, -0.15) is 0 Å². The molecule has 2 unspecified atom stereocenters. The van der Waals surface area contributed by atoms with Crippen molar-refractivity contribution in [2.75, 3.05) is 13.2 Å². The summed E-state index contributed by atoms with van der Waals surface area (Å²) in [7, 11) is 0. The molecule has 0 aliphatic carbocycles. The first-order valence-electron chi connectivity index (χ1n) is 10.6. The van der Waals surface area contributed by atoms with E-state index in [0.29, 0.717) is 23.3 Å². The van der Waals surface area contributed by atoms with Crippen LogP contribution in [0.15, 0.2) is 46.9 Å². The Morgan fingerprint density at radius 2 is 1.35 bits per heavy atom. The van der Waals surface area contributed by atoms with Crippen molar-refractivity contribution in [2.24, 2.45) is 0 Å². The van der Waals surface area contributed by atoms with Crippen LogP contribution in [0.4, 0.5) is 0 Å². The predicted octanol–water partition coefficient (Wildman–Crippen LogP) is 5.08. The van der Waals surface area contributed by atoms with Crippen LogP contribution >= 0.6 is 15.9 Å². The molecule has 6 nitrogen and oxygen atoms in total. The molecule has 2 N–H and O–H groups in total. The van der Waals surface area contributed by atoms with Crippen LogP contribution in [0.5, 0.6) is 11.5 Å². The first-order chi connectivity index (χ1) is 14.8. The van der Waals surface area contributed by atoms with Crippen molar-refractivity contribution in [1.82, 2.24) is 10.9 Å². The minimum atomic E-state index is -0.468. The summed E-state index contributed by atoms with van der Waals surface area (Å²) in [4.78, 5) is 23.9. The first kappa shape index (κ1) is 24.7. The monoisotopic (exact) mass is 490 g/mol. The molecule has 0 saturated heterocycles. The van der Waals surface area contributed by atoms with Crippen LogP contribution in [0.1, 0.15) is 63.5 Å². The lowest BCUT2D eigenvalue weighted by Crippen LogP contribution is -2.45. The second-order valence-electron chi connectivity index (χ2n) is 7.55. The van der Waals surface area contributed by atoms with Crippen LogP contribution in [0.25, 0.3) is 0 Å². The van der Waals surface area contributed by atoms with Crippen molar-refractivity contribution in [2.45, 2.75) is 52.4 Å². The molecule has 168 valence electrons. The Labute approximate surface area is 192 Å². The maximum Gasteiger partial charge on any atom is 0.276 e. The molecule has 0 saturated carbocycles. The number of hydrazine groups is 1. The minimum absolute atomic E-state index is 0.202. The van der Waals surface area contributed by atoms with Gasteiger partial charge in [0.05, 0.1) is 4.47 Å². The zero-order valence-corrected chi connectivity index (χ0v) is 20.1. The molecule has 0 spiro atoms. The number of rotatable bonds is 10. The molecule has 0 bridgehead atoms. The quantitative estimate of drug-likeness (QED) is 0.455. The molecule has 0 heterocycles. The maximum absolute atomic E-state index is 12.0. The summed E-state index contributed by atoms with van der Waals surface area (Å²) in [5.74, 6) is 1.17. The van der Waals surface area contributed by atoms with Gasteiger partial charge < -0.3 is 9.47 Å². The molecule has 0 fully saturated rings. The average molecular weight is 491 g/mol. The van der Waals surface area contributed by atoms with Gasteiger partial charge in [0.15, 0.2) is 13.2 Å². The van der Waals surface area contributed by atoms with Crippen molar-refractivity contribution < 1.29 is 19.1 Å². The second kappa shape index (κ2) is 12.3. The fourth-order valence-electron chi connectivity index (χ4n) is 2.81. The Morgan fingerprint density at radius 1 is 0.839 bits per heavy atom. The molecule has 2 rings (SSSR count). The Bertz CT molecular complexity index is 870. The Balaban J connectivity index is 1.72. The van der Waals surface area contributed by atoms with Crippen LogP contribution < -0.4 is 20.3 Å². The van der Waals surface area contributed by atoms with Crippen LogP contribution in [-0.2, 0) is 9.59 Å². The molecule has 2 aromatic rings. The van der Waals surface area contributed by atoms with Crippen molar-refractivity contribution in [1.29, 1.82) is 0 Å². The van der Waals surface area contributed by atoms with Gasteiger partial charge in [0.1, 0.15) is 11.5 Å². The number of ether oxygens (including phenoxy) is 2. The molecule has 31 heavy (non-hydrogen) atoms. The van der Waals surface area contributed by atoms with Crippen molar-refractivity contribution in [3.05, 3.63) is 58.1 Å². The highest BCUT2D eigenvalue weighted by Gasteiger charge is 2.11. The smallest absolute Gasteiger partial charge is 0.276 e. The van der Waals surface area contributed by atoms with Gasteiger partial charge in [-0.3, -0.25) is 20.4 Å². The molecular weight excluding hydrogens is 460 g/mol. The Hall–Kier alpha value is -2.54. The number of hydrogen-bond donors (Lipinski definition) is 2. The SMILES string of the molecule is CCC(C)c1ccc(OCC(=O)NNC(=O)COc2ccc(C(C)CC)cc2Br)cc1. The third kappa shape index (κ3) is 7.90. The molecule has 7 heteroatoms. The standard InChI is InChI=1S/C24H31BrN2O4/c1-5-16(3)18-7-10-20(11-8-18)30-14-23(28)26-27-24(29)15-31-22-12-9-19(13-21(22)25)17(4)6-2/h7-13,16-17H,5-6,14-15H2,1-4H3,(H,26,28)(H,27,29). The average Bonchev–Trinajstić information content (AvgIpc) is 2.79. The van der Waals surface area contributed by atoms with Gasteiger partial charge in [-0.1, -0.05) is 45.9 Å². The van der Waals surface area contributed by atoms with E-state index in [1.807, 2.05) is 42.5 Å². The maximum atomic E-state index is 12.0. The van der Waals surface area contributed by atoms with Crippen LogP contribution in [0, 0.1) is 0 Å². The van der Waals surface area contributed by atoms with Gasteiger partial charge in [0.25, 0.3) is 11.8 Å². The van der Waals surface area contributed by atoms with Gasteiger partial charge in [-0.15, -0.1) is 0 Å². The van der Waals surface area contributed by atoms with Crippen LogP contribution in [0.3, 0.4) is 0 Å². The Morgan fingerprint density at radius 3 is 1.90 bits per heavy atom. The number of benzene rings is 2. The van der Waals surface area contributed by atoms with Gasteiger partial charge in [0, 0.05) is 0 Å². The van der Waals surface area contributed by atoms with Crippen molar-refractivity contribution in [3.63, 3.8) is 0 Å². The van der Waals surface area contributed by atoms with Gasteiger partial charge in [-0.05, 0) is 76.0 Å². The van der Waals surface area contributed by atoms with E-state index in [9.17, 15) is 9.59 Å². The lowest BCUT2D eigenvalue weighted by Gasteiger charge is -2.13. The summed E-state index contributed by atoms with van der Waals surface area (Å²) in [6, 6.07) is 13.5. The van der Waals surface area contributed by atoms with E-state index in [-0.39, 0.29) is 13.2 Å². The predicted molar refractivity (Wildman–Crippen MR) is 125 cm³/mol. The largest absolute Gasteiger partial charge is 0.484 e. The minimum Gasteiger partial charge on any atom is -0.484 e. The zero-order valence-electron chi connectivity index (χ0n) is 18.5. The molecule has 0 aliphatic heterocycles. The summed E-state index contributed by atoms with van der Waals surface area (Å²) < 4.78 is 11.8. The fraction of sp³-hybridized carbons (Fsp3) is 0.417. The Kier molecular flexibility index (Phi) is 9.85. The highest BCUT2D eigenvalue weighted by molar-refractivity contribution is 9.10. The van der Waals surface area contributed by atoms with Crippen molar-refractivity contribution >= 4 is 27.7 Å². The van der Waals surface area contributed by atoms with E-state index >= 15 is 0 Å². The molecule has 2 amide bonds.